The van der Waals surface area contributed by atoms with Crippen molar-refractivity contribution in [2.24, 2.45) is 0 Å². The molecule has 3 rings (SSSR count). The van der Waals surface area contributed by atoms with Gasteiger partial charge in [0.15, 0.2) is 0 Å². The number of aryl methyl sites for hydroxylation is 1. The maximum atomic E-state index is 13.2. The number of aromatic nitrogens is 3. The highest BCUT2D eigenvalue weighted by molar-refractivity contribution is 7.90. The Morgan fingerprint density at radius 2 is 1.88 bits per heavy atom. The second-order valence-corrected chi connectivity index (χ2v) is 7.21. The minimum atomic E-state index is -3.62. The Hall–Kier alpha value is -2.81. The first-order chi connectivity index (χ1) is 11.8. The first-order valence-corrected chi connectivity index (χ1v) is 9.24. The van der Waals surface area contributed by atoms with Crippen molar-refractivity contribution >= 4 is 9.84 Å². The molecule has 0 amide bonds. The van der Waals surface area contributed by atoms with Crippen LogP contribution in [0.15, 0.2) is 51.0 Å². The summed E-state index contributed by atoms with van der Waals surface area (Å²) in [6.07, 6.45) is 2.29. The zero-order valence-electron chi connectivity index (χ0n) is 13.4. The highest BCUT2D eigenvalue weighted by Gasteiger charge is 2.22. The molecule has 0 unspecified atom stereocenters. The maximum absolute atomic E-state index is 13.2. The number of halogens is 1. The monoisotopic (exact) mass is 363 g/mol. The fourth-order valence-electron chi connectivity index (χ4n) is 2.41. The topological polar surface area (TPSA) is 95.1 Å². The van der Waals surface area contributed by atoms with Crippen LogP contribution in [0.25, 0.3) is 22.5 Å². The highest BCUT2D eigenvalue weighted by atomic mass is 32.2. The summed E-state index contributed by atoms with van der Waals surface area (Å²) in [6, 6.07) is 6.83. The van der Waals surface area contributed by atoms with Crippen molar-refractivity contribution in [1.29, 1.82) is 0 Å². The SMILES string of the molecule is CCn1oc(=O)c(-c2ccc(F)cc2)c1-c1ccnc(S(C)(=O)=O)n1. The molecule has 0 fully saturated rings. The largest absolute Gasteiger partial charge is 0.366 e. The van der Waals surface area contributed by atoms with E-state index in [2.05, 4.69) is 9.97 Å². The normalized spacial score (nSPS) is 11.6. The third-order valence-electron chi connectivity index (χ3n) is 3.51. The summed E-state index contributed by atoms with van der Waals surface area (Å²) >= 11 is 0. The van der Waals surface area contributed by atoms with E-state index < -0.39 is 21.3 Å². The summed E-state index contributed by atoms with van der Waals surface area (Å²) in [5, 5.41) is -0.355. The Labute approximate surface area is 142 Å². The van der Waals surface area contributed by atoms with Gasteiger partial charge in [-0.05, 0) is 30.7 Å². The van der Waals surface area contributed by atoms with E-state index in [9.17, 15) is 17.6 Å². The van der Waals surface area contributed by atoms with Gasteiger partial charge < -0.3 is 4.52 Å². The van der Waals surface area contributed by atoms with Crippen LogP contribution in [0.5, 0.6) is 0 Å². The van der Waals surface area contributed by atoms with Crippen LogP contribution in [-0.2, 0) is 16.4 Å². The molecule has 0 aliphatic heterocycles. The van der Waals surface area contributed by atoms with E-state index in [1.54, 1.807) is 6.92 Å². The zero-order chi connectivity index (χ0) is 18.2. The molecule has 0 saturated heterocycles. The van der Waals surface area contributed by atoms with Gasteiger partial charge in [-0.25, -0.2) is 32.3 Å². The van der Waals surface area contributed by atoms with Crippen LogP contribution >= 0.6 is 0 Å². The smallest absolute Gasteiger partial charge is 0.335 e. The molecule has 2 aromatic heterocycles. The lowest BCUT2D eigenvalue weighted by Crippen LogP contribution is -2.06. The highest BCUT2D eigenvalue weighted by Crippen LogP contribution is 2.29. The predicted octanol–water partition coefficient (Wildman–Crippen LogP) is 2.13. The number of hydrogen-bond donors (Lipinski definition) is 0. The van der Waals surface area contributed by atoms with E-state index in [1.807, 2.05) is 0 Å². The van der Waals surface area contributed by atoms with Crippen molar-refractivity contribution in [3.8, 4) is 22.5 Å². The van der Waals surface area contributed by atoms with Gasteiger partial charge in [0.2, 0.25) is 15.0 Å². The number of hydrogen-bond acceptors (Lipinski definition) is 6. The molecule has 9 heteroatoms. The number of rotatable bonds is 4. The number of nitrogens with zero attached hydrogens (tertiary/aromatic N) is 3. The van der Waals surface area contributed by atoms with Gasteiger partial charge in [-0.15, -0.1) is 0 Å². The van der Waals surface area contributed by atoms with Crippen LogP contribution in [0, 0.1) is 5.82 Å². The van der Waals surface area contributed by atoms with Gasteiger partial charge in [0.25, 0.3) is 0 Å². The van der Waals surface area contributed by atoms with E-state index >= 15 is 0 Å². The lowest BCUT2D eigenvalue weighted by Gasteiger charge is -2.07. The van der Waals surface area contributed by atoms with Gasteiger partial charge in [0, 0.05) is 12.5 Å². The molecule has 25 heavy (non-hydrogen) atoms. The minimum Gasteiger partial charge on any atom is -0.335 e. The quantitative estimate of drug-likeness (QED) is 0.659. The first-order valence-electron chi connectivity index (χ1n) is 7.34. The van der Waals surface area contributed by atoms with Crippen LogP contribution in [0.1, 0.15) is 6.92 Å². The molecule has 1 aromatic carbocycles. The second kappa shape index (κ2) is 6.25. The molecular formula is C16H14FN3O4S. The summed E-state index contributed by atoms with van der Waals surface area (Å²) < 4.78 is 43.1. The summed E-state index contributed by atoms with van der Waals surface area (Å²) in [6.45, 7) is 2.09. The van der Waals surface area contributed by atoms with Crippen LogP contribution in [0.4, 0.5) is 4.39 Å². The van der Waals surface area contributed by atoms with E-state index in [1.165, 1.54) is 41.3 Å². The molecule has 0 saturated carbocycles. The Balaban J connectivity index is 2.29. The Morgan fingerprint density at radius 3 is 2.48 bits per heavy atom. The third kappa shape index (κ3) is 3.22. The molecule has 0 bridgehead atoms. The van der Waals surface area contributed by atoms with E-state index in [0.29, 0.717) is 17.8 Å². The Bertz CT molecular complexity index is 1090. The molecule has 2 heterocycles. The average Bonchev–Trinajstić information content (AvgIpc) is 2.91. The van der Waals surface area contributed by atoms with E-state index in [0.717, 1.165) is 6.26 Å². The van der Waals surface area contributed by atoms with E-state index in [-0.39, 0.29) is 16.4 Å². The van der Waals surface area contributed by atoms with Gasteiger partial charge in [-0.3, -0.25) is 0 Å². The first kappa shape index (κ1) is 17.0. The molecule has 3 aromatic rings. The molecular weight excluding hydrogens is 349 g/mol. The summed E-state index contributed by atoms with van der Waals surface area (Å²) in [7, 11) is -3.62. The minimum absolute atomic E-state index is 0.181. The molecule has 7 nitrogen and oxygen atoms in total. The molecule has 0 aliphatic rings. The third-order valence-corrected chi connectivity index (χ3v) is 4.37. The Morgan fingerprint density at radius 1 is 1.20 bits per heavy atom. The van der Waals surface area contributed by atoms with Crippen LogP contribution in [0.2, 0.25) is 0 Å². The zero-order valence-corrected chi connectivity index (χ0v) is 14.2. The van der Waals surface area contributed by atoms with Crippen molar-refractivity contribution in [3.63, 3.8) is 0 Å². The maximum Gasteiger partial charge on any atom is 0.366 e. The van der Waals surface area contributed by atoms with Gasteiger partial charge in [-0.1, -0.05) is 12.1 Å². The lowest BCUT2D eigenvalue weighted by atomic mass is 10.0. The van der Waals surface area contributed by atoms with Crippen molar-refractivity contribution in [2.45, 2.75) is 18.6 Å². The van der Waals surface area contributed by atoms with Crippen molar-refractivity contribution in [1.82, 2.24) is 14.7 Å². The summed E-state index contributed by atoms with van der Waals surface area (Å²) in [4.78, 5) is 20.1. The molecule has 0 aliphatic carbocycles. The number of sulfone groups is 1. The summed E-state index contributed by atoms with van der Waals surface area (Å²) in [5.74, 6) is -0.439. The van der Waals surface area contributed by atoms with Crippen LogP contribution in [-0.4, -0.2) is 29.4 Å². The predicted molar refractivity (Wildman–Crippen MR) is 88.2 cm³/mol. The lowest BCUT2D eigenvalue weighted by molar-refractivity contribution is 0.263. The standard InChI is InChI=1S/C16H14FN3O4S/c1-3-20-14(12-8-9-18-16(19-12)25(2,22)23)13(15(21)24-20)10-4-6-11(17)7-5-10/h4-9H,3H2,1-2H3. The molecule has 0 atom stereocenters. The van der Waals surface area contributed by atoms with Crippen LogP contribution in [0.3, 0.4) is 0 Å². The molecule has 0 spiro atoms. The molecule has 130 valence electrons. The van der Waals surface area contributed by atoms with Gasteiger partial charge >= 0.3 is 5.63 Å². The van der Waals surface area contributed by atoms with Crippen LogP contribution < -0.4 is 5.63 Å². The average molecular weight is 363 g/mol. The number of benzene rings is 1. The van der Waals surface area contributed by atoms with Crippen molar-refractivity contribution in [3.05, 3.63) is 52.8 Å². The molecule has 0 radical (unpaired) electrons. The van der Waals surface area contributed by atoms with Crippen molar-refractivity contribution < 1.29 is 17.3 Å². The Kier molecular flexibility index (Phi) is 4.25. The fraction of sp³-hybridized carbons (Fsp3) is 0.188. The van der Waals surface area contributed by atoms with Gasteiger partial charge in [0.05, 0.1) is 17.8 Å². The second-order valence-electron chi connectivity index (χ2n) is 5.30. The van der Waals surface area contributed by atoms with E-state index in [4.69, 9.17) is 4.52 Å². The summed E-state index contributed by atoms with van der Waals surface area (Å²) in [5.41, 5.74) is 0.536. The van der Waals surface area contributed by atoms with Gasteiger partial charge in [0.1, 0.15) is 11.5 Å². The molecule has 0 N–H and O–H groups in total. The van der Waals surface area contributed by atoms with Gasteiger partial charge in [-0.2, -0.15) is 0 Å². The fourth-order valence-corrected chi connectivity index (χ4v) is 2.93. The van der Waals surface area contributed by atoms with Crippen molar-refractivity contribution in [2.75, 3.05) is 6.26 Å².